The number of rotatable bonds is 4. The van der Waals surface area contributed by atoms with Crippen LogP contribution in [-0.2, 0) is 16.2 Å². The lowest BCUT2D eigenvalue weighted by Crippen LogP contribution is -2.42. The van der Waals surface area contributed by atoms with Crippen molar-refractivity contribution < 1.29 is 35.2 Å². The van der Waals surface area contributed by atoms with E-state index in [-0.39, 0.29) is 24.5 Å². The van der Waals surface area contributed by atoms with Crippen molar-refractivity contribution in [3.05, 3.63) is 41.7 Å². The Morgan fingerprint density at radius 1 is 1.25 bits per heavy atom. The third-order valence-electron chi connectivity index (χ3n) is 5.51. The SMILES string of the molecule is NS(=O)(=O)c1cc(NC(=O)c2cc(C(F)(F)F)cnc2N2C[C@H]3C[C@@H]2CC3(F)F)ccn1. The number of hydrogen-bond donors (Lipinski definition) is 2. The number of alkyl halides is 5. The number of primary sulfonamides is 1. The monoisotopic (exact) mass is 477 g/mol. The number of nitrogens with zero attached hydrogens (tertiary/aromatic N) is 3. The standard InChI is InChI=1S/C18H16F5N5O3S/c19-17(20)6-12-3-10(17)8-28(12)15-13(4-9(7-26-15)18(21,22)23)16(29)27-11-1-2-25-14(5-11)32(24,30)31/h1-2,4-5,7,10,12H,3,6,8H2,(H2,24,30,31)(H,25,27,29)/t10-,12-/m1/s1. The van der Waals surface area contributed by atoms with E-state index in [0.717, 1.165) is 12.3 Å². The highest BCUT2D eigenvalue weighted by atomic mass is 32.2. The molecule has 2 aromatic rings. The van der Waals surface area contributed by atoms with Gasteiger partial charge in [0.05, 0.1) is 11.1 Å². The number of halogens is 5. The molecule has 3 heterocycles. The van der Waals surface area contributed by atoms with Crippen LogP contribution in [0, 0.1) is 5.92 Å². The van der Waals surface area contributed by atoms with E-state index in [1.165, 1.54) is 11.0 Å². The van der Waals surface area contributed by atoms with Gasteiger partial charge in [0.25, 0.3) is 21.9 Å². The van der Waals surface area contributed by atoms with Crippen molar-refractivity contribution in [1.82, 2.24) is 9.97 Å². The van der Waals surface area contributed by atoms with Crippen LogP contribution in [0.3, 0.4) is 0 Å². The van der Waals surface area contributed by atoms with Crippen LogP contribution in [0.5, 0.6) is 0 Å². The zero-order valence-electron chi connectivity index (χ0n) is 16.1. The van der Waals surface area contributed by atoms with Gasteiger partial charge in [-0.1, -0.05) is 0 Å². The summed E-state index contributed by atoms with van der Waals surface area (Å²) >= 11 is 0. The zero-order valence-corrected chi connectivity index (χ0v) is 16.9. The first-order valence-corrected chi connectivity index (χ1v) is 10.8. The summed E-state index contributed by atoms with van der Waals surface area (Å²) in [7, 11) is -4.19. The molecule has 0 radical (unpaired) electrons. The first-order valence-electron chi connectivity index (χ1n) is 9.27. The lowest BCUT2D eigenvalue weighted by molar-refractivity contribution is -0.137. The van der Waals surface area contributed by atoms with Gasteiger partial charge in [0.15, 0.2) is 5.03 Å². The molecule has 2 aromatic heterocycles. The molecule has 1 saturated carbocycles. The van der Waals surface area contributed by atoms with Gasteiger partial charge >= 0.3 is 6.18 Å². The summed E-state index contributed by atoms with van der Waals surface area (Å²) in [6.07, 6.45) is -3.55. The minimum absolute atomic E-state index is 0.0909. The Bertz CT molecular complexity index is 1190. The molecule has 2 fully saturated rings. The van der Waals surface area contributed by atoms with Crippen LogP contribution in [0.15, 0.2) is 35.6 Å². The van der Waals surface area contributed by atoms with Gasteiger partial charge in [-0.3, -0.25) is 4.79 Å². The van der Waals surface area contributed by atoms with Gasteiger partial charge in [0, 0.05) is 49.1 Å². The number of piperidine rings is 1. The van der Waals surface area contributed by atoms with Crippen LogP contribution in [0.4, 0.5) is 33.5 Å². The van der Waals surface area contributed by atoms with E-state index in [4.69, 9.17) is 5.14 Å². The Morgan fingerprint density at radius 2 is 1.97 bits per heavy atom. The fourth-order valence-corrected chi connectivity index (χ4v) is 4.51. The Labute approximate surface area is 178 Å². The summed E-state index contributed by atoms with van der Waals surface area (Å²) in [5.41, 5.74) is -1.77. The smallest absolute Gasteiger partial charge is 0.352 e. The Morgan fingerprint density at radius 3 is 2.53 bits per heavy atom. The minimum Gasteiger partial charge on any atom is -0.352 e. The highest BCUT2D eigenvalue weighted by Gasteiger charge is 2.56. The quantitative estimate of drug-likeness (QED) is 0.654. The average Bonchev–Trinajstić information content (AvgIpc) is 3.22. The van der Waals surface area contributed by atoms with Crippen molar-refractivity contribution in [2.45, 2.75) is 36.0 Å². The maximum atomic E-state index is 13.9. The largest absolute Gasteiger partial charge is 0.417 e. The molecule has 32 heavy (non-hydrogen) atoms. The van der Waals surface area contributed by atoms with Crippen LogP contribution in [0.25, 0.3) is 0 Å². The normalized spacial score (nSPS) is 22.2. The van der Waals surface area contributed by atoms with Gasteiger partial charge in [-0.25, -0.2) is 32.3 Å². The molecule has 8 nitrogen and oxygen atoms in total. The maximum Gasteiger partial charge on any atom is 0.417 e. The number of fused-ring (bicyclic) bond motifs is 2. The molecule has 2 bridgehead atoms. The summed E-state index contributed by atoms with van der Waals surface area (Å²) in [6, 6.07) is 2.07. The minimum atomic E-state index is -4.80. The average molecular weight is 477 g/mol. The fourth-order valence-electron chi connectivity index (χ4n) is 4.01. The van der Waals surface area contributed by atoms with Crippen molar-refractivity contribution in [2.75, 3.05) is 16.8 Å². The van der Waals surface area contributed by atoms with Gasteiger partial charge in [-0.2, -0.15) is 13.2 Å². The highest BCUT2D eigenvalue weighted by molar-refractivity contribution is 7.89. The van der Waals surface area contributed by atoms with Crippen molar-refractivity contribution in [3.63, 3.8) is 0 Å². The van der Waals surface area contributed by atoms with E-state index in [0.29, 0.717) is 12.3 Å². The lowest BCUT2D eigenvalue weighted by Gasteiger charge is -2.33. The van der Waals surface area contributed by atoms with Crippen LogP contribution in [0.1, 0.15) is 28.8 Å². The number of amides is 1. The summed E-state index contributed by atoms with van der Waals surface area (Å²) in [5, 5.41) is 6.73. The Kier molecular flexibility index (Phi) is 5.12. The molecule has 1 saturated heterocycles. The summed E-state index contributed by atoms with van der Waals surface area (Å²) < 4.78 is 90.4. The number of anilines is 2. The Balaban J connectivity index is 1.70. The van der Waals surface area contributed by atoms with Crippen LogP contribution in [0.2, 0.25) is 0 Å². The van der Waals surface area contributed by atoms with Crippen molar-refractivity contribution in [3.8, 4) is 0 Å². The number of nitrogens with one attached hydrogen (secondary N) is 1. The molecular formula is C18H16F5N5O3S. The molecule has 0 unspecified atom stereocenters. The van der Waals surface area contributed by atoms with E-state index in [1.54, 1.807) is 0 Å². The van der Waals surface area contributed by atoms with E-state index in [9.17, 15) is 35.2 Å². The van der Waals surface area contributed by atoms with Crippen molar-refractivity contribution in [1.29, 1.82) is 0 Å². The number of carbonyl (C=O) groups is 1. The van der Waals surface area contributed by atoms with E-state index >= 15 is 0 Å². The molecule has 14 heteroatoms. The van der Waals surface area contributed by atoms with Gasteiger partial charge in [0.2, 0.25) is 0 Å². The molecule has 3 N–H and O–H groups in total. The molecule has 172 valence electrons. The molecule has 1 aliphatic heterocycles. The number of aromatic nitrogens is 2. The lowest BCUT2D eigenvalue weighted by atomic mass is 10.0. The third-order valence-corrected chi connectivity index (χ3v) is 6.32. The molecule has 0 aromatic carbocycles. The van der Waals surface area contributed by atoms with Gasteiger partial charge in [-0.15, -0.1) is 0 Å². The fraction of sp³-hybridized carbons (Fsp3) is 0.389. The molecular weight excluding hydrogens is 461 g/mol. The van der Waals surface area contributed by atoms with Gasteiger partial charge in [-0.05, 0) is 18.6 Å². The number of hydrogen-bond acceptors (Lipinski definition) is 6. The van der Waals surface area contributed by atoms with Gasteiger partial charge < -0.3 is 10.2 Å². The first kappa shape index (κ1) is 22.3. The summed E-state index contributed by atoms with van der Waals surface area (Å²) in [5.74, 6) is -5.04. The molecule has 4 rings (SSSR count). The van der Waals surface area contributed by atoms with Crippen LogP contribution >= 0.6 is 0 Å². The second-order valence-corrected chi connectivity index (χ2v) is 9.19. The molecule has 1 aliphatic carbocycles. The molecule has 2 atom stereocenters. The number of pyridine rings is 2. The van der Waals surface area contributed by atoms with Crippen LogP contribution in [-0.4, -0.2) is 42.8 Å². The predicted octanol–water partition coefficient (Wildman–Crippen LogP) is 2.63. The third kappa shape index (κ3) is 4.11. The van der Waals surface area contributed by atoms with E-state index < -0.39 is 62.6 Å². The summed E-state index contributed by atoms with van der Waals surface area (Å²) in [6.45, 7) is -0.152. The molecule has 1 amide bonds. The predicted molar refractivity (Wildman–Crippen MR) is 102 cm³/mol. The molecule has 2 aliphatic rings. The number of nitrogens with two attached hydrogens (primary N) is 1. The molecule has 0 spiro atoms. The number of carbonyl (C=O) groups excluding carboxylic acids is 1. The topological polar surface area (TPSA) is 118 Å². The van der Waals surface area contributed by atoms with Gasteiger partial charge in [0.1, 0.15) is 5.82 Å². The van der Waals surface area contributed by atoms with E-state index in [2.05, 4.69) is 15.3 Å². The second-order valence-electron chi connectivity index (χ2n) is 7.68. The van der Waals surface area contributed by atoms with Crippen molar-refractivity contribution >= 4 is 27.4 Å². The maximum absolute atomic E-state index is 13.9. The first-order chi connectivity index (χ1) is 14.8. The Hall–Kier alpha value is -2.87. The second kappa shape index (κ2) is 7.33. The van der Waals surface area contributed by atoms with E-state index in [1.807, 2.05) is 0 Å². The zero-order chi connectivity index (χ0) is 23.5. The number of sulfonamides is 1. The summed E-state index contributed by atoms with van der Waals surface area (Å²) in [4.78, 5) is 21.6. The van der Waals surface area contributed by atoms with Crippen molar-refractivity contribution in [2.24, 2.45) is 11.1 Å². The van der Waals surface area contributed by atoms with Crippen LogP contribution < -0.4 is 15.4 Å². The highest BCUT2D eigenvalue weighted by Crippen LogP contribution is 2.49.